The summed E-state index contributed by atoms with van der Waals surface area (Å²) in [6.45, 7) is 2.88. The van der Waals surface area contributed by atoms with Crippen LogP contribution < -0.4 is 15.4 Å². The van der Waals surface area contributed by atoms with E-state index in [1.807, 2.05) is 13.2 Å². The van der Waals surface area contributed by atoms with Gasteiger partial charge in [-0.3, -0.25) is 9.59 Å². The lowest BCUT2D eigenvalue weighted by atomic mass is 10.2. The van der Waals surface area contributed by atoms with Crippen LogP contribution >= 0.6 is 11.8 Å². The molecule has 0 spiro atoms. The number of aryl methyl sites for hydroxylation is 2. The standard InChI is InChI=1S/C25H25N7O4S2/c1-15-6-8-17(9-7-15)38(35,36)32-13-19(20-22(32)27-14-29(2)24(20)34)31-12-16-5-4-10-30(16)21-18(23(31)33)11-26-25(28-21)37-3/h6-9,11,13-14,16H,4-5,10,12H2,1-3H3/t16-/m0/s1. The first-order valence-corrected chi connectivity index (χ1v) is 14.8. The number of anilines is 2. The second-order valence-corrected chi connectivity index (χ2v) is 12.1. The Morgan fingerprint density at radius 2 is 1.87 bits per heavy atom. The fourth-order valence-corrected chi connectivity index (χ4v) is 6.79. The van der Waals surface area contributed by atoms with Gasteiger partial charge in [-0.05, 0) is 38.2 Å². The van der Waals surface area contributed by atoms with E-state index in [9.17, 15) is 18.0 Å². The third-order valence-electron chi connectivity index (χ3n) is 7.13. The van der Waals surface area contributed by atoms with Crippen molar-refractivity contribution in [1.29, 1.82) is 0 Å². The molecular formula is C25H25N7O4S2. The molecule has 0 aliphatic carbocycles. The highest BCUT2D eigenvalue weighted by atomic mass is 32.2. The van der Waals surface area contributed by atoms with Gasteiger partial charge in [0.05, 0.1) is 16.9 Å². The van der Waals surface area contributed by atoms with Crippen LogP contribution in [-0.4, -0.2) is 63.2 Å². The SMILES string of the molecule is CSc1ncc2c(n1)N1CCC[C@H]1CN(c1cn(S(=O)(=O)c3ccc(C)cc3)c3ncn(C)c(=O)c13)C2=O. The molecule has 1 amide bonds. The van der Waals surface area contributed by atoms with Crippen molar-refractivity contribution in [1.82, 2.24) is 23.5 Å². The van der Waals surface area contributed by atoms with Gasteiger partial charge in [0.15, 0.2) is 10.8 Å². The van der Waals surface area contributed by atoms with E-state index in [1.165, 1.54) is 52.1 Å². The average Bonchev–Trinajstić information content (AvgIpc) is 3.52. The van der Waals surface area contributed by atoms with E-state index in [-0.39, 0.29) is 40.1 Å². The molecular weight excluding hydrogens is 526 g/mol. The van der Waals surface area contributed by atoms with Gasteiger partial charge in [0.2, 0.25) is 0 Å². The van der Waals surface area contributed by atoms with Crippen LogP contribution in [0.4, 0.5) is 11.5 Å². The van der Waals surface area contributed by atoms with Gasteiger partial charge in [-0.2, -0.15) is 0 Å². The second kappa shape index (κ2) is 8.95. The molecule has 38 heavy (non-hydrogen) atoms. The maximum atomic E-state index is 14.0. The summed E-state index contributed by atoms with van der Waals surface area (Å²) in [7, 11) is -2.57. The van der Waals surface area contributed by atoms with Crippen LogP contribution in [-0.2, 0) is 17.1 Å². The fourth-order valence-electron chi connectivity index (χ4n) is 5.15. The molecule has 0 radical (unpaired) electrons. The van der Waals surface area contributed by atoms with Gasteiger partial charge in [-0.1, -0.05) is 29.5 Å². The average molecular weight is 552 g/mol. The van der Waals surface area contributed by atoms with Crippen molar-refractivity contribution in [2.24, 2.45) is 7.05 Å². The number of aromatic nitrogens is 5. The molecule has 6 rings (SSSR count). The Hall–Kier alpha value is -3.71. The highest BCUT2D eigenvalue weighted by Gasteiger charge is 2.39. The number of fused-ring (bicyclic) bond motifs is 4. The lowest BCUT2D eigenvalue weighted by molar-refractivity contribution is 0.0988. The summed E-state index contributed by atoms with van der Waals surface area (Å²) in [6.07, 6.45) is 7.78. The van der Waals surface area contributed by atoms with Crippen LogP contribution in [0, 0.1) is 6.92 Å². The van der Waals surface area contributed by atoms with Crippen molar-refractivity contribution in [3.63, 3.8) is 0 Å². The number of hydrogen-bond donors (Lipinski definition) is 0. The Morgan fingerprint density at radius 1 is 1.11 bits per heavy atom. The summed E-state index contributed by atoms with van der Waals surface area (Å²) < 4.78 is 29.7. The summed E-state index contributed by atoms with van der Waals surface area (Å²) in [5, 5.41) is 0.628. The van der Waals surface area contributed by atoms with E-state index in [4.69, 9.17) is 0 Å². The van der Waals surface area contributed by atoms with Gasteiger partial charge in [0.1, 0.15) is 16.8 Å². The summed E-state index contributed by atoms with van der Waals surface area (Å²) in [5.41, 5.74) is 0.949. The topological polar surface area (TPSA) is 123 Å². The molecule has 0 N–H and O–H groups in total. The van der Waals surface area contributed by atoms with Crippen LogP contribution in [0.15, 0.2) is 57.8 Å². The number of benzene rings is 1. The maximum Gasteiger partial charge on any atom is 0.269 e. The Kier molecular flexibility index (Phi) is 5.80. The molecule has 0 unspecified atom stereocenters. The van der Waals surface area contributed by atoms with Crippen molar-refractivity contribution in [3.05, 3.63) is 64.5 Å². The van der Waals surface area contributed by atoms with E-state index in [1.54, 1.807) is 19.2 Å². The van der Waals surface area contributed by atoms with Gasteiger partial charge < -0.3 is 14.4 Å². The molecule has 4 aromatic rings. The molecule has 0 bridgehead atoms. The molecule has 11 nitrogen and oxygen atoms in total. The first-order chi connectivity index (χ1) is 18.2. The normalized spacial score (nSPS) is 17.6. The quantitative estimate of drug-likeness (QED) is 0.278. The maximum absolute atomic E-state index is 14.0. The van der Waals surface area contributed by atoms with E-state index < -0.39 is 15.6 Å². The Labute approximate surface area is 223 Å². The second-order valence-electron chi connectivity index (χ2n) is 9.49. The van der Waals surface area contributed by atoms with Crippen molar-refractivity contribution in [3.8, 4) is 0 Å². The van der Waals surface area contributed by atoms with Gasteiger partial charge in [0, 0.05) is 38.6 Å². The highest BCUT2D eigenvalue weighted by molar-refractivity contribution is 7.98. The summed E-state index contributed by atoms with van der Waals surface area (Å²) in [6, 6.07) is 6.40. The Morgan fingerprint density at radius 3 is 2.61 bits per heavy atom. The van der Waals surface area contributed by atoms with Crippen molar-refractivity contribution < 1.29 is 13.2 Å². The minimum atomic E-state index is -4.11. The van der Waals surface area contributed by atoms with Gasteiger partial charge in [-0.25, -0.2) is 27.3 Å². The molecule has 1 saturated heterocycles. The van der Waals surface area contributed by atoms with Crippen LogP contribution in [0.5, 0.6) is 0 Å². The molecule has 13 heteroatoms. The molecule has 1 aromatic carbocycles. The summed E-state index contributed by atoms with van der Waals surface area (Å²) in [5.74, 6) is 0.182. The molecule has 2 aliphatic rings. The van der Waals surface area contributed by atoms with Crippen molar-refractivity contribution >= 4 is 50.2 Å². The Bertz CT molecular complexity index is 1760. The van der Waals surface area contributed by atoms with Gasteiger partial charge in [0.25, 0.3) is 21.5 Å². The number of amides is 1. The minimum Gasteiger partial charge on any atom is -0.351 e. The smallest absolute Gasteiger partial charge is 0.269 e. The number of rotatable bonds is 4. The van der Waals surface area contributed by atoms with Crippen LogP contribution in [0.2, 0.25) is 0 Å². The van der Waals surface area contributed by atoms with Crippen LogP contribution in [0.1, 0.15) is 28.8 Å². The molecule has 1 fully saturated rings. The molecule has 0 saturated carbocycles. The van der Waals surface area contributed by atoms with Gasteiger partial charge in [-0.15, -0.1) is 0 Å². The molecule has 2 aliphatic heterocycles. The van der Waals surface area contributed by atoms with E-state index >= 15 is 0 Å². The molecule has 1 atom stereocenters. The third-order valence-corrected chi connectivity index (χ3v) is 9.36. The van der Waals surface area contributed by atoms with Crippen molar-refractivity contribution in [2.75, 3.05) is 29.1 Å². The molecule has 196 valence electrons. The zero-order chi connectivity index (χ0) is 26.8. The molecule has 5 heterocycles. The van der Waals surface area contributed by atoms with E-state index in [0.29, 0.717) is 16.5 Å². The fraction of sp³-hybridized carbons (Fsp3) is 0.320. The van der Waals surface area contributed by atoms with Crippen LogP contribution in [0.3, 0.4) is 0 Å². The first kappa shape index (κ1) is 24.6. The zero-order valence-corrected chi connectivity index (χ0v) is 22.7. The lowest BCUT2D eigenvalue weighted by Gasteiger charge is -2.26. The zero-order valence-electron chi connectivity index (χ0n) is 21.0. The van der Waals surface area contributed by atoms with E-state index in [0.717, 1.165) is 28.9 Å². The van der Waals surface area contributed by atoms with Gasteiger partial charge >= 0.3 is 0 Å². The predicted octanol–water partition coefficient (Wildman–Crippen LogP) is 2.42. The number of carbonyl (C=O) groups is 1. The Balaban J connectivity index is 1.59. The summed E-state index contributed by atoms with van der Waals surface area (Å²) in [4.78, 5) is 44.4. The van der Waals surface area contributed by atoms with Crippen LogP contribution in [0.25, 0.3) is 11.0 Å². The number of hydrogen-bond acceptors (Lipinski definition) is 9. The summed E-state index contributed by atoms with van der Waals surface area (Å²) >= 11 is 1.40. The number of thioether (sulfide) groups is 1. The number of carbonyl (C=O) groups excluding carboxylic acids is 1. The monoisotopic (exact) mass is 551 g/mol. The first-order valence-electron chi connectivity index (χ1n) is 12.1. The number of nitrogens with zero attached hydrogens (tertiary/aromatic N) is 7. The van der Waals surface area contributed by atoms with Crippen molar-refractivity contribution in [2.45, 2.75) is 35.9 Å². The predicted molar refractivity (Wildman–Crippen MR) is 145 cm³/mol. The lowest BCUT2D eigenvalue weighted by Crippen LogP contribution is -2.40. The highest BCUT2D eigenvalue weighted by Crippen LogP contribution is 2.37. The minimum absolute atomic E-state index is 0.0294. The van der Waals surface area contributed by atoms with E-state index in [2.05, 4.69) is 19.9 Å². The molecule has 3 aromatic heterocycles. The largest absolute Gasteiger partial charge is 0.351 e. The third kappa shape index (κ3) is 3.71.